The minimum absolute atomic E-state index is 0.0315. The topological polar surface area (TPSA) is 122 Å². The number of hydrogen-bond donors (Lipinski definition) is 1. The number of sulfone groups is 1. The van der Waals surface area contributed by atoms with E-state index in [0.29, 0.717) is 22.0 Å². The summed E-state index contributed by atoms with van der Waals surface area (Å²) in [5.41, 5.74) is 4.51. The molecule has 0 fully saturated rings. The number of halogens is 1. The van der Waals surface area contributed by atoms with Crippen molar-refractivity contribution >= 4 is 33.0 Å². The Kier molecular flexibility index (Phi) is 7.53. The van der Waals surface area contributed by atoms with E-state index < -0.39 is 26.7 Å². The van der Waals surface area contributed by atoms with Crippen molar-refractivity contribution in [3.63, 3.8) is 0 Å². The fourth-order valence-electron chi connectivity index (χ4n) is 3.62. The van der Waals surface area contributed by atoms with Gasteiger partial charge in [-0.25, -0.2) is 13.4 Å². The SMILES string of the molecule is Cc1cc(-c2ccc(C#N)cc2)cc(C)c1Oc1ccnc(S(=O)(=O)CC(=O)Nc2ccc(Cl)cc2)n1. The largest absolute Gasteiger partial charge is 0.438 e. The molecule has 1 N–H and O–H groups in total. The Bertz CT molecular complexity index is 1590. The number of carbonyl (C=O) groups excluding carboxylic acids is 1. The van der Waals surface area contributed by atoms with Crippen LogP contribution >= 0.6 is 11.6 Å². The highest BCUT2D eigenvalue weighted by Crippen LogP contribution is 2.33. The highest BCUT2D eigenvalue weighted by Gasteiger charge is 2.23. The van der Waals surface area contributed by atoms with Crippen LogP contribution in [0.3, 0.4) is 0 Å². The molecule has 0 aliphatic heterocycles. The van der Waals surface area contributed by atoms with E-state index in [1.807, 2.05) is 38.1 Å². The van der Waals surface area contributed by atoms with E-state index in [9.17, 15) is 13.2 Å². The summed E-state index contributed by atoms with van der Waals surface area (Å²) in [5, 5.41) is 11.5. The molecule has 0 spiro atoms. The van der Waals surface area contributed by atoms with Crippen molar-refractivity contribution < 1.29 is 17.9 Å². The van der Waals surface area contributed by atoms with E-state index in [1.165, 1.54) is 12.3 Å². The van der Waals surface area contributed by atoms with Crippen molar-refractivity contribution in [3.8, 4) is 28.8 Å². The molecule has 0 aliphatic carbocycles. The van der Waals surface area contributed by atoms with E-state index in [2.05, 4.69) is 21.4 Å². The molecule has 1 heterocycles. The zero-order chi connectivity index (χ0) is 26.6. The second-order valence-electron chi connectivity index (χ2n) is 8.22. The predicted molar refractivity (Wildman–Crippen MR) is 140 cm³/mol. The van der Waals surface area contributed by atoms with Crippen molar-refractivity contribution in [2.24, 2.45) is 0 Å². The third-order valence-electron chi connectivity index (χ3n) is 5.35. The number of aromatic nitrogens is 2. The molecular formula is C27H21ClN4O4S. The Balaban J connectivity index is 1.51. The lowest BCUT2D eigenvalue weighted by molar-refractivity contribution is -0.113. The Morgan fingerprint density at radius 2 is 1.65 bits per heavy atom. The van der Waals surface area contributed by atoms with Gasteiger partial charge in [-0.3, -0.25) is 4.79 Å². The van der Waals surface area contributed by atoms with Gasteiger partial charge in [0.15, 0.2) is 0 Å². The molecular weight excluding hydrogens is 512 g/mol. The summed E-state index contributed by atoms with van der Waals surface area (Å²) < 4.78 is 31.5. The number of aryl methyl sites for hydroxylation is 2. The van der Waals surface area contributed by atoms with Crippen molar-refractivity contribution in [1.29, 1.82) is 5.26 Å². The Hall–Kier alpha value is -4.26. The van der Waals surface area contributed by atoms with Gasteiger partial charge in [0.2, 0.25) is 21.6 Å². The van der Waals surface area contributed by atoms with Crippen LogP contribution in [0.4, 0.5) is 5.69 Å². The summed E-state index contributed by atoms with van der Waals surface area (Å²) in [6.45, 7) is 3.74. The van der Waals surface area contributed by atoms with Crippen molar-refractivity contribution in [2.45, 2.75) is 19.0 Å². The number of carbonyl (C=O) groups is 1. The summed E-state index contributed by atoms with van der Waals surface area (Å²) in [6.07, 6.45) is 1.27. The van der Waals surface area contributed by atoms with Crippen LogP contribution in [-0.4, -0.2) is 30.0 Å². The monoisotopic (exact) mass is 532 g/mol. The van der Waals surface area contributed by atoms with Gasteiger partial charge in [0.05, 0.1) is 11.6 Å². The van der Waals surface area contributed by atoms with Crippen LogP contribution in [0.25, 0.3) is 11.1 Å². The molecule has 0 unspecified atom stereocenters. The van der Waals surface area contributed by atoms with Crippen LogP contribution in [0.2, 0.25) is 5.02 Å². The molecule has 37 heavy (non-hydrogen) atoms. The quantitative estimate of drug-likeness (QED) is 0.312. The summed E-state index contributed by atoms with van der Waals surface area (Å²) in [5.74, 6) is -1.01. The maximum absolute atomic E-state index is 12.8. The molecule has 10 heteroatoms. The predicted octanol–water partition coefficient (Wildman–Crippen LogP) is 5.49. The Labute approximate surface area is 219 Å². The molecule has 0 bridgehead atoms. The van der Waals surface area contributed by atoms with Crippen molar-refractivity contribution in [2.75, 3.05) is 11.1 Å². The van der Waals surface area contributed by atoms with Crippen LogP contribution in [0.15, 0.2) is 78.1 Å². The maximum atomic E-state index is 12.8. The van der Waals surface area contributed by atoms with Gasteiger partial charge in [0, 0.05) is 23.0 Å². The fraction of sp³-hybridized carbons (Fsp3) is 0.111. The van der Waals surface area contributed by atoms with Crippen LogP contribution in [-0.2, 0) is 14.6 Å². The average molecular weight is 533 g/mol. The van der Waals surface area contributed by atoms with Crippen LogP contribution in [0.1, 0.15) is 16.7 Å². The normalized spacial score (nSPS) is 11.0. The number of amides is 1. The molecule has 0 saturated carbocycles. The fourth-order valence-corrected chi connectivity index (χ4v) is 4.74. The first-order valence-corrected chi connectivity index (χ1v) is 13.1. The van der Waals surface area contributed by atoms with Gasteiger partial charge in [-0.15, -0.1) is 0 Å². The molecule has 1 aromatic heterocycles. The first-order chi connectivity index (χ1) is 17.6. The smallest absolute Gasteiger partial charge is 0.250 e. The van der Waals surface area contributed by atoms with Crippen molar-refractivity contribution in [1.82, 2.24) is 9.97 Å². The van der Waals surface area contributed by atoms with Crippen LogP contribution < -0.4 is 10.1 Å². The zero-order valence-electron chi connectivity index (χ0n) is 19.9. The third-order valence-corrected chi connectivity index (χ3v) is 7.00. The highest BCUT2D eigenvalue weighted by atomic mass is 35.5. The lowest BCUT2D eigenvalue weighted by Gasteiger charge is -2.14. The number of benzene rings is 3. The lowest BCUT2D eigenvalue weighted by Crippen LogP contribution is -2.24. The number of nitriles is 1. The summed E-state index contributed by atoms with van der Waals surface area (Å²) in [4.78, 5) is 20.2. The van der Waals surface area contributed by atoms with E-state index in [1.54, 1.807) is 36.4 Å². The maximum Gasteiger partial charge on any atom is 0.250 e. The molecule has 0 aliphatic rings. The molecule has 8 nitrogen and oxygen atoms in total. The molecule has 186 valence electrons. The number of hydrogen-bond acceptors (Lipinski definition) is 7. The summed E-state index contributed by atoms with van der Waals surface area (Å²) in [6, 6.07) is 21.0. The minimum Gasteiger partial charge on any atom is -0.438 e. The molecule has 4 rings (SSSR count). The summed E-state index contributed by atoms with van der Waals surface area (Å²) in [7, 11) is -4.13. The third kappa shape index (κ3) is 6.30. The molecule has 1 amide bonds. The Morgan fingerprint density at radius 3 is 2.27 bits per heavy atom. The first kappa shape index (κ1) is 25.8. The van der Waals surface area contributed by atoms with Gasteiger partial charge in [-0.05, 0) is 84.6 Å². The molecule has 0 atom stereocenters. The van der Waals surface area contributed by atoms with Gasteiger partial charge in [0.25, 0.3) is 5.16 Å². The number of nitrogens with zero attached hydrogens (tertiary/aromatic N) is 3. The number of anilines is 1. The second-order valence-corrected chi connectivity index (χ2v) is 10.5. The standard InChI is InChI=1S/C27H21ClN4O4S/c1-17-13-21(20-5-3-19(15-29)4-6-20)14-18(2)26(17)36-25-11-12-30-27(32-25)37(34,35)16-24(33)31-23-9-7-22(28)8-10-23/h3-14H,16H2,1-2H3,(H,31,33). The number of rotatable bonds is 7. The minimum atomic E-state index is -4.13. The van der Waals surface area contributed by atoms with Gasteiger partial charge in [0.1, 0.15) is 11.5 Å². The molecule has 3 aromatic carbocycles. The van der Waals surface area contributed by atoms with Gasteiger partial charge in [-0.1, -0.05) is 23.7 Å². The van der Waals surface area contributed by atoms with E-state index in [0.717, 1.165) is 22.3 Å². The highest BCUT2D eigenvalue weighted by molar-refractivity contribution is 7.92. The van der Waals surface area contributed by atoms with E-state index in [-0.39, 0.29) is 5.88 Å². The molecule has 4 aromatic rings. The van der Waals surface area contributed by atoms with E-state index in [4.69, 9.17) is 21.6 Å². The first-order valence-electron chi connectivity index (χ1n) is 11.1. The van der Waals surface area contributed by atoms with Gasteiger partial charge in [-0.2, -0.15) is 10.2 Å². The average Bonchev–Trinajstić information content (AvgIpc) is 2.87. The van der Waals surface area contributed by atoms with Gasteiger partial charge >= 0.3 is 0 Å². The second kappa shape index (κ2) is 10.8. The number of nitrogens with one attached hydrogen (secondary N) is 1. The van der Waals surface area contributed by atoms with Crippen LogP contribution in [0, 0.1) is 25.2 Å². The lowest BCUT2D eigenvalue weighted by atomic mass is 9.99. The molecule has 0 radical (unpaired) electrons. The number of ether oxygens (including phenoxy) is 1. The van der Waals surface area contributed by atoms with Crippen molar-refractivity contribution in [3.05, 3.63) is 94.6 Å². The Morgan fingerprint density at radius 1 is 1.00 bits per heavy atom. The zero-order valence-corrected chi connectivity index (χ0v) is 21.5. The summed E-state index contributed by atoms with van der Waals surface area (Å²) >= 11 is 5.83. The van der Waals surface area contributed by atoms with Crippen LogP contribution in [0.5, 0.6) is 11.6 Å². The van der Waals surface area contributed by atoms with E-state index >= 15 is 0 Å². The molecule has 0 saturated heterocycles. The van der Waals surface area contributed by atoms with Gasteiger partial charge < -0.3 is 10.1 Å².